The summed E-state index contributed by atoms with van der Waals surface area (Å²) < 4.78 is 51.3. The molecule has 9 rings (SSSR count). The van der Waals surface area contributed by atoms with Crippen molar-refractivity contribution in [3.8, 4) is 68.9 Å². The summed E-state index contributed by atoms with van der Waals surface area (Å²) in [7, 11) is 0. The van der Waals surface area contributed by atoms with Crippen molar-refractivity contribution >= 4 is 47.2 Å². The van der Waals surface area contributed by atoms with E-state index in [1.54, 1.807) is 152 Å². The molecule has 0 N–H and O–H groups in total. The van der Waals surface area contributed by atoms with Crippen LogP contribution in [0.15, 0.2) is 229 Å². The summed E-state index contributed by atoms with van der Waals surface area (Å²) in [5.74, 6) is 1.32. The van der Waals surface area contributed by atoms with Crippen molar-refractivity contribution in [2.24, 2.45) is 10.2 Å². The molecular weight excluding hydrogens is 1420 g/mol. The largest absolute Gasteiger partial charge is 0.494 e. The van der Waals surface area contributed by atoms with Gasteiger partial charge in [0.25, 0.3) is 0 Å². The van der Waals surface area contributed by atoms with E-state index in [9.17, 15) is 28.8 Å². The molecule has 0 aliphatic heterocycles. The van der Waals surface area contributed by atoms with Crippen LogP contribution >= 0.6 is 0 Å². The highest BCUT2D eigenvalue weighted by atomic mass is 16.6. The first kappa shape index (κ1) is 85.3. The second-order valence-corrected chi connectivity index (χ2v) is 28.1. The summed E-state index contributed by atoms with van der Waals surface area (Å²) in [5, 5.41) is 17.4. The van der Waals surface area contributed by atoms with Gasteiger partial charge in [-0.1, -0.05) is 179 Å². The zero-order valence-corrected chi connectivity index (χ0v) is 65.1. The molecule has 0 heterocycles. The molecule has 0 aromatic heterocycles. The Morgan fingerprint density at radius 1 is 0.274 bits per heavy atom. The number of carbonyl (C=O) groups is 6. The maximum atomic E-state index is 13.2. The minimum atomic E-state index is -0.600. The topological polar surface area (TPSA) is 234 Å². The van der Waals surface area contributed by atoms with Crippen molar-refractivity contribution in [3.05, 3.63) is 246 Å². The Labute approximate surface area is 665 Å². The van der Waals surface area contributed by atoms with Crippen LogP contribution in [0.5, 0.6) is 51.7 Å². The highest BCUT2D eigenvalue weighted by molar-refractivity contribution is 5.94. The van der Waals surface area contributed by atoms with Crippen LogP contribution in [0.3, 0.4) is 0 Å². The normalized spacial score (nSPS) is 11.0. The first-order chi connectivity index (χ1) is 55.4. The van der Waals surface area contributed by atoms with Gasteiger partial charge in [0.15, 0.2) is 0 Å². The number of hydrogen-bond acceptors (Lipinski definition) is 18. The third-order valence-electron chi connectivity index (χ3n) is 19.0. The number of hydrogen-bond donors (Lipinski definition) is 0. The average molecular weight is 1530 g/mol. The summed E-state index contributed by atoms with van der Waals surface area (Å²) in [6.07, 6.45) is 32.3. The van der Waals surface area contributed by atoms with Gasteiger partial charge in [-0.05, 0) is 237 Å². The molecule has 0 amide bonds. The Morgan fingerprint density at radius 3 is 0.894 bits per heavy atom. The number of nitrogens with zero attached hydrogens (tertiary/aromatic N) is 3. The molecule has 0 bridgehead atoms. The van der Waals surface area contributed by atoms with Crippen LogP contribution in [-0.2, 0) is 9.59 Å². The van der Waals surface area contributed by atoms with Gasteiger partial charge in [0, 0.05) is 12.8 Å². The molecular formula is C95H105N3O15. The van der Waals surface area contributed by atoms with Crippen LogP contribution in [0, 0.1) is 11.3 Å². The van der Waals surface area contributed by atoms with Gasteiger partial charge in [-0.15, -0.1) is 0 Å². The van der Waals surface area contributed by atoms with Crippen LogP contribution in [0.4, 0.5) is 11.4 Å². The number of benzene rings is 9. The standard InChI is InChI=1S/C95H105N3O15/c1-2-3-4-5-6-7-8-9-12-17-22-27-67-105-81-53-41-75(42-54-81)93(102)112-88-59-45-77(46-60-88)95(104)113-89-32-30-31-78(70-89)73-37-55-86(56-38-73)110-94(103)76-43-57-87(58-44-76)111-92(101)74-39-51-82(52-40-74)106-68-28-23-18-13-10-15-20-25-33-90(99)108-84-63-65-85(66-64-84)109-91(100)34-26-21-16-11-14-19-24-29-69-107-83-61-49-80(50-62-83)98-97-79-47-35-72(71-96)36-48-79/h30-32,35-66,70H,2-29,33-34,67-69H2,1H3. The predicted molar refractivity (Wildman–Crippen MR) is 438 cm³/mol. The number of ether oxygens (including phenoxy) is 9. The predicted octanol–water partition coefficient (Wildman–Crippen LogP) is 24.6. The SMILES string of the molecule is CCCCCCCCCCCCCCOc1ccc(C(=O)Oc2ccc(C(=O)Oc3cccc(-c4ccc(OC(=O)c5ccc(OC(=O)c6ccc(OCCCCCCCCCCC(=O)Oc7ccc(OC(=O)CCCCCCCCCCOc8ccc(N=Nc9ccc(C#N)cc9)cc8)cc7)cc6)cc5)cc4)c3)cc2)cc1. The molecule has 18 heteroatoms. The fourth-order valence-electron chi connectivity index (χ4n) is 12.5. The summed E-state index contributed by atoms with van der Waals surface area (Å²) in [5.41, 5.74) is 4.77. The van der Waals surface area contributed by atoms with Crippen molar-refractivity contribution < 1.29 is 71.4 Å². The molecule has 9 aromatic carbocycles. The van der Waals surface area contributed by atoms with E-state index < -0.39 is 23.9 Å². The van der Waals surface area contributed by atoms with E-state index in [4.69, 9.17) is 47.9 Å². The van der Waals surface area contributed by atoms with Gasteiger partial charge in [0.1, 0.15) is 51.7 Å². The molecule has 0 saturated heterocycles. The third-order valence-corrected chi connectivity index (χ3v) is 19.0. The first-order valence-electron chi connectivity index (χ1n) is 40.3. The number of nitriles is 1. The van der Waals surface area contributed by atoms with Crippen molar-refractivity contribution in [2.75, 3.05) is 19.8 Å². The Morgan fingerprint density at radius 2 is 0.549 bits per heavy atom. The van der Waals surface area contributed by atoms with Crippen molar-refractivity contribution in [3.63, 3.8) is 0 Å². The summed E-state index contributed by atoms with van der Waals surface area (Å²) in [4.78, 5) is 77.3. The summed E-state index contributed by atoms with van der Waals surface area (Å²) >= 11 is 0. The van der Waals surface area contributed by atoms with Crippen LogP contribution in [0.25, 0.3) is 11.1 Å². The number of esters is 6. The van der Waals surface area contributed by atoms with Gasteiger partial charge >= 0.3 is 35.8 Å². The molecule has 0 aliphatic carbocycles. The van der Waals surface area contributed by atoms with E-state index >= 15 is 0 Å². The number of carbonyl (C=O) groups excluding carboxylic acids is 6. The van der Waals surface area contributed by atoms with Crippen LogP contribution in [-0.4, -0.2) is 55.6 Å². The highest BCUT2D eigenvalue weighted by Crippen LogP contribution is 2.30. The van der Waals surface area contributed by atoms with Crippen molar-refractivity contribution in [1.82, 2.24) is 0 Å². The number of unbranched alkanes of at least 4 members (excludes halogenated alkanes) is 25. The van der Waals surface area contributed by atoms with Gasteiger partial charge in [0.2, 0.25) is 0 Å². The van der Waals surface area contributed by atoms with E-state index in [0.717, 1.165) is 138 Å². The molecule has 18 nitrogen and oxygen atoms in total. The lowest BCUT2D eigenvalue weighted by molar-refractivity contribution is -0.135. The van der Waals surface area contributed by atoms with Crippen LogP contribution < -0.4 is 42.6 Å². The fourth-order valence-corrected chi connectivity index (χ4v) is 12.5. The lowest BCUT2D eigenvalue weighted by Crippen LogP contribution is -2.10. The van der Waals surface area contributed by atoms with E-state index in [0.29, 0.717) is 89.5 Å². The summed E-state index contributed by atoms with van der Waals surface area (Å²) in [6, 6.07) is 63.0. The molecule has 0 fully saturated rings. The van der Waals surface area contributed by atoms with Crippen molar-refractivity contribution in [1.29, 1.82) is 5.26 Å². The van der Waals surface area contributed by atoms with Gasteiger partial charge < -0.3 is 42.6 Å². The number of rotatable bonds is 51. The maximum Gasteiger partial charge on any atom is 0.343 e. The van der Waals surface area contributed by atoms with Crippen LogP contribution in [0.2, 0.25) is 0 Å². The molecule has 590 valence electrons. The monoisotopic (exact) mass is 1530 g/mol. The second-order valence-electron chi connectivity index (χ2n) is 28.1. The summed E-state index contributed by atoms with van der Waals surface area (Å²) in [6.45, 7) is 4.09. The molecule has 0 unspecified atom stereocenters. The van der Waals surface area contributed by atoms with Gasteiger partial charge in [-0.2, -0.15) is 15.5 Å². The quantitative estimate of drug-likeness (QED) is 0.0149. The third kappa shape index (κ3) is 32.6. The minimum Gasteiger partial charge on any atom is -0.494 e. The molecule has 0 saturated carbocycles. The molecule has 0 radical (unpaired) electrons. The lowest BCUT2D eigenvalue weighted by Gasteiger charge is -2.10. The molecule has 113 heavy (non-hydrogen) atoms. The Bertz CT molecular complexity index is 4410. The first-order valence-corrected chi connectivity index (χ1v) is 40.3. The van der Waals surface area contributed by atoms with Crippen molar-refractivity contribution in [2.45, 2.75) is 200 Å². The van der Waals surface area contributed by atoms with Gasteiger partial charge in [-0.3, -0.25) is 9.59 Å². The molecule has 0 spiro atoms. The van der Waals surface area contributed by atoms with E-state index in [-0.39, 0.29) is 34.6 Å². The second kappa shape index (κ2) is 49.5. The maximum absolute atomic E-state index is 13.2. The van der Waals surface area contributed by atoms with Gasteiger partial charge in [0.05, 0.1) is 65.1 Å². The molecule has 0 atom stereocenters. The van der Waals surface area contributed by atoms with E-state index in [2.05, 4.69) is 23.2 Å². The molecule has 0 aliphatic rings. The highest BCUT2D eigenvalue weighted by Gasteiger charge is 2.17. The fraction of sp³-hybridized carbons (Fsp3) is 0.358. The smallest absolute Gasteiger partial charge is 0.343 e. The zero-order valence-electron chi connectivity index (χ0n) is 65.1. The van der Waals surface area contributed by atoms with E-state index in [1.807, 2.05) is 30.3 Å². The number of azo groups is 1. The zero-order chi connectivity index (χ0) is 79.1. The van der Waals surface area contributed by atoms with Gasteiger partial charge in [-0.25, -0.2) is 19.2 Å². The minimum absolute atomic E-state index is 0.254. The molecule has 9 aromatic rings. The Balaban J connectivity index is 0.545. The average Bonchev–Trinajstić information content (AvgIpc) is 0.839. The Kier molecular flexibility index (Phi) is 37.4. The Hall–Kier alpha value is -11.7. The van der Waals surface area contributed by atoms with E-state index in [1.165, 1.54) is 101 Å². The lowest BCUT2D eigenvalue weighted by atomic mass is 10.1. The van der Waals surface area contributed by atoms with Crippen LogP contribution in [0.1, 0.15) is 247 Å².